The zero-order valence-electron chi connectivity index (χ0n) is 23.6. The van der Waals surface area contributed by atoms with Gasteiger partial charge < -0.3 is 15.0 Å². The van der Waals surface area contributed by atoms with Crippen molar-refractivity contribution in [1.82, 2.24) is 10.2 Å². The Morgan fingerprint density at radius 3 is 2.34 bits per heavy atom. The van der Waals surface area contributed by atoms with Crippen LogP contribution in [0.2, 0.25) is 10.0 Å². The molecule has 8 nitrogen and oxygen atoms in total. The molecule has 0 aliphatic heterocycles. The van der Waals surface area contributed by atoms with E-state index < -0.39 is 28.5 Å². The topological polar surface area (TPSA) is 96.0 Å². The molecule has 0 spiro atoms. The minimum Gasteiger partial charge on any atom is -0.497 e. The predicted octanol–water partition coefficient (Wildman–Crippen LogP) is 5.84. The van der Waals surface area contributed by atoms with Gasteiger partial charge in [-0.2, -0.15) is 0 Å². The molecule has 0 radical (unpaired) electrons. The molecule has 41 heavy (non-hydrogen) atoms. The molecule has 3 rings (SSSR count). The summed E-state index contributed by atoms with van der Waals surface area (Å²) in [6, 6.07) is 17.0. The first-order valence-corrected chi connectivity index (χ1v) is 15.5. The van der Waals surface area contributed by atoms with Gasteiger partial charge in [-0.3, -0.25) is 13.9 Å². The second-order valence-electron chi connectivity index (χ2n) is 9.51. The number of anilines is 1. The third kappa shape index (κ3) is 8.15. The lowest BCUT2D eigenvalue weighted by atomic mass is 10.1. The van der Waals surface area contributed by atoms with Crippen LogP contribution in [0.5, 0.6) is 5.75 Å². The van der Waals surface area contributed by atoms with Gasteiger partial charge in [0.2, 0.25) is 11.8 Å². The number of nitrogens with zero attached hydrogens (tertiary/aromatic N) is 2. The van der Waals surface area contributed by atoms with Gasteiger partial charge in [0.15, 0.2) is 0 Å². The molecule has 0 bridgehead atoms. The maximum absolute atomic E-state index is 14.1. The van der Waals surface area contributed by atoms with Gasteiger partial charge in [-0.25, -0.2) is 8.42 Å². The fourth-order valence-electron chi connectivity index (χ4n) is 4.28. The fourth-order valence-corrected chi connectivity index (χ4v) is 6.14. The zero-order valence-corrected chi connectivity index (χ0v) is 25.9. The minimum absolute atomic E-state index is 0.0148. The second kappa shape index (κ2) is 14.6. The van der Waals surface area contributed by atoms with E-state index in [0.29, 0.717) is 24.3 Å². The van der Waals surface area contributed by atoms with Gasteiger partial charge in [-0.05, 0) is 67.8 Å². The van der Waals surface area contributed by atoms with E-state index in [1.165, 1.54) is 42.3 Å². The van der Waals surface area contributed by atoms with E-state index in [-0.39, 0.29) is 33.1 Å². The smallest absolute Gasteiger partial charge is 0.264 e. The summed E-state index contributed by atoms with van der Waals surface area (Å²) in [7, 11) is -2.73. The van der Waals surface area contributed by atoms with E-state index in [1.807, 2.05) is 19.9 Å². The first-order chi connectivity index (χ1) is 19.5. The summed E-state index contributed by atoms with van der Waals surface area (Å²) in [5, 5.41) is 3.21. The molecule has 0 fully saturated rings. The summed E-state index contributed by atoms with van der Waals surface area (Å²) in [5.41, 5.74) is 1.65. The Morgan fingerprint density at radius 1 is 1.00 bits per heavy atom. The number of hydrogen-bond acceptors (Lipinski definition) is 5. The van der Waals surface area contributed by atoms with Gasteiger partial charge in [0.25, 0.3) is 10.0 Å². The molecule has 0 saturated heterocycles. The summed E-state index contributed by atoms with van der Waals surface area (Å²) in [5.74, 6) is -0.315. The van der Waals surface area contributed by atoms with E-state index in [2.05, 4.69) is 5.32 Å². The molecule has 0 heterocycles. The van der Waals surface area contributed by atoms with E-state index in [1.54, 1.807) is 37.3 Å². The standard InChI is InChI=1S/C30H35Cl2N3O5S/c1-5-16-33-30(37)27(6-2)34(19-22-8-7-9-24(17-22)40-4)29(36)20-35(28-18-23(31)12-15-26(28)32)41(38,39)25-13-10-21(3)11-14-25/h7-15,17-18,27H,5-6,16,19-20H2,1-4H3,(H,33,37)/t27-/m1/s1. The molecule has 1 N–H and O–H groups in total. The van der Waals surface area contributed by atoms with Crippen LogP contribution in [-0.2, 0) is 26.2 Å². The van der Waals surface area contributed by atoms with Crippen LogP contribution in [0.1, 0.15) is 37.8 Å². The van der Waals surface area contributed by atoms with Crippen molar-refractivity contribution in [3.63, 3.8) is 0 Å². The third-order valence-corrected chi connectivity index (χ3v) is 8.82. The van der Waals surface area contributed by atoms with E-state index >= 15 is 0 Å². The van der Waals surface area contributed by atoms with Gasteiger partial charge in [-0.1, -0.05) is 66.9 Å². The molecule has 2 amide bonds. The molecule has 3 aromatic carbocycles. The number of halogens is 2. The highest BCUT2D eigenvalue weighted by Gasteiger charge is 2.34. The van der Waals surface area contributed by atoms with E-state index in [0.717, 1.165) is 16.3 Å². The van der Waals surface area contributed by atoms with Crippen molar-refractivity contribution in [2.45, 2.75) is 51.1 Å². The van der Waals surface area contributed by atoms with Crippen LogP contribution in [0.15, 0.2) is 71.6 Å². The maximum atomic E-state index is 14.1. The van der Waals surface area contributed by atoms with Crippen molar-refractivity contribution in [3.05, 3.63) is 87.9 Å². The molecule has 0 saturated carbocycles. The maximum Gasteiger partial charge on any atom is 0.264 e. The van der Waals surface area contributed by atoms with Crippen LogP contribution in [0.3, 0.4) is 0 Å². The summed E-state index contributed by atoms with van der Waals surface area (Å²) in [6.07, 6.45) is 1.04. The van der Waals surface area contributed by atoms with Crippen molar-refractivity contribution in [2.24, 2.45) is 0 Å². The zero-order chi connectivity index (χ0) is 30.2. The highest BCUT2D eigenvalue weighted by atomic mass is 35.5. The predicted molar refractivity (Wildman–Crippen MR) is 163 cm³/mol. The Morgan fingerprint density at radius 2 is 1.71 bits per heavy atom. The number of sulfonamides is 1. The van der Waals surface area contributed by atoms with Gasteiger partial charge in [0, 0.05) is 18.1 Å². The summed E-state index contributed by atoms with van der Waals surface area (Å²) < 4.78 is 34.2. The van der Waals surface area contributed by atoms with Crippen LogP contribution in [0, 0.1) is 6.92 Å². The molecule has 3 aromatic rings. The Bertz CT molecular complexity index is 1470. The molecule has 0 aromatic heterocycles. The molecular formula is C30H35Cl2N3O5S. The van der Waals surface area contributed by atoms with Crippen molar-refractivity contribution in [1.29, 1.82) is 0 Å². The number of carbonyl (C=O) groups excluding carboxylic acids is 2. The molecular weight excluding hydrogens is 585 g/mol. The van der Waals surface area contributed by atoms with Crippen LogP contribution >= 0.6 is 23.2 Å². The lowest BCUT2D eigenvalue weighted by Gasteiger charge is -2.33. The van der Waals surface area contributed by atoms with Gasteiger partial charge in [-0.15, -0.1) is 0 Å². The minimum atomic E-state index is -4.27. The van der Waals surface area contributed by atoms with Crippen molar-refractivity contribution < 1.29 is 22.7 Å². The quantitative estimate of drug-likeness (QED) is 0.259. The highest BCUT2D eigenvalue weighted by molar-refractivity contribution is 7.92. The monoisotopic (exact) mass is 619 g/mol. The summed E-state index contributed by atoms with van der Waals surface area (Å²) in [6.45, 7) is 5.46. The van der Waals surface area contributed by atoms with Crippen molar-refractivity contribution in [3.8, 4) is 5.75 Å². The fraction of sp³-hybridized carbons (Fsp3) is 0.333. The lowest BCUT2D eigenvalue weighted by molar-refractivity contribution is -0.140. The highest BCUT2D eigenvalue weighted by Crippen LogP contribution is 2.33. The van der Waals surface area contributed by atoms with Gasteiger partial charge in [0.1, 0.15) is 18.3 Å². The number of nitrogens with one attached hydrogen (secondary N) is 1. The molecule has 11 heteroatoms. The van der Waals surface area contributed by atoms with E-state index in [9.17, 15) is 18.0 Å². The van der Waals surface area contributed by atoms with Crippen LogP contribution < -0.4 is 14.4 Å². The number of hydrogen-bond donors (Lipinski definition) is 1. The SMILES string of the molecule is CCCNC(=O)[C@@H](CC)N(Cc1cccc(OC)c1)C(=O)CN(c1cc(Cl)ccc1Cl)S(=O)(=O)c1ccc(C)cc1. The number of aryl methyl sites for hydroxylation is 1. The second-order valence-corrected chi connectivity index (χ2v) is 12.2. The number of methoxy groups -OCH3 is 1. The molecule has 220 valence electrons. The first kappa shape index (κ1) is 32.2. The number of benzene rings is 3. The largest absolute Gasteiger partial charge is 0.497 e. The Hall–Kier alpha value is -3.27. The summed E-state index contributed by atoms with van der Waals surface area (Å²) >= 11 is 12.7. The van der Waals surface area contributed by atoms with Crippen LogP contribution in [0.25, 0.3) is 0 Å². The number of amides is 2. The van der Waals surface area contributed by atoms with Crippen molar-refractivity contribution >= 4 is 50.7 Å². The van der Waals surface area contributed by atoms with Crippen molar-refractivity contribution in [2.75, 3.05) is 24.5 Å². The van der Waals surface area contributed by atoms with E-state index in [4.69, 9.17) is 27.9 Å². The Balaban J connectivity index is 2.10. The van der Waals surface area contributed by atoms with Crippen LogP contribution in [0.4, 0.5) is 5.69 Å². The van der Waals surface area contributed by atoms with Crippen LogP contribution in [-0.4, -0.2) is 51.4 Å². The molecule has 1 atom stereocenters. The Labute approximate surface area is 252 Å². The number of ether oxygens (including phenoxy) is 1. The van der Waals surface area contributed by atoms with Gasteiger partial charge >= 0.3 is 0 Å². The molecule has 0 aliphatic rings. The molecule has 0 unspecified atom stereocenters. The van der Waals surface area contributed by atoms with Gasteiger partial charge in [0.05, 0.1) is 22.7 Å². The Kier molecular flexibility index (Phi) is 11.5. The first-order valence-electron chi connectivity index (χ1n) is 13.3. The average molecular weight is 621 g/mol. The third-order valence-electron chi connectivity index (χ3n) is 6.49. The average Bonchev–Trinajstić information content (AvgIpc) is 2.96. The summed E-state index contributed by atoms with van der Waals surface area (Å²) in [4.78, 5) is 28.7. The lowest BCUT2D eigenvalue weighted by Crippen LogP contribution is -2.52. The molecule has 0 aliphatic carbocycles. The normalized spacial score (nSPS) is 12.0. The number of rotatable bonds is 13. The number of carbonyl (C=O) groups is 2.